The molecule has 1 heterocycles. The Hall–Kier alpha value is -2.35. The Morgan fingerprint density at radius 1 is 1.04 bits per heavy atom. The van der Waals surface area contributed by atoms with E-state index < -0.39 is 0 Å². The topological polar surface area (TPSA) is 32.9 Å². The van der Waals surface area contributed by atoms with E-state index in [0.29, 0.717) is 5.92 Å². The van der Waals surface area contributed by atoms with Crippen LogP contribution in [0.4, 0.5) is 0 Å². The Balaban J connectivity index is 2.24. The summed E-state index contributed by atoms with van der Waals surface area (Å²) in [5.41, 5.74) is 8.20. The van der Waals surface area contributed by atoms with Crippen molar-refractivity contribution in [2.24, 2.45) is 5.92 Å². The highest BCUT2D eigenvalue weighted by Gasteiger charge is 2.23. The largest absolute Gasteiger partial charge is 0.358 e. The van der Waals surface area contributed by atoms with Gasteiger partial charge in [-0.3, -0.25) is 4.79 Å². The molecule has 1 atom stereocenters. The van der Waals surface area contributed by atoms with Crippen LogP contribution < -0.4 is 0 Å². The van der Waals surface area contributed by atoms with Crippen molar-refractivity contribution in [1.29, 1.82) is 0 Å². The maximum Gasteiger partial charge on any atom is 0.160 e. The molecule has 0 aliphatic rings. The normalized spacial score (nSPS) is 12.7. The molecule has 3 aromatic rings. The van der Waals surface area contributed by atoms with Crippen molar-refractivity contribution in [3.63, 3.8) is 0 Å². The Labute approximate surface area is 156 Å². The van der Waals surface area contributed by atoms with Crippen LogP contribution in [-0.2, 0) is 6.42 Å². The Morgan fingerprint density at radius 2 is 1.69 bits per heavy atom. The van der Waals surface area contributed by atoms with Crippen LogP contribution in [0.1, 0.15) is 71.9 Å². The first-order chi connectivity index (χ1) is 12.3. The zero-order valence-corrected chi connectivity index (χ0v) is 16.7. The van der Waals surface area contributed by atoms with E-state index in [9.17, 15) is 4.79 Å². The molecule has 1 unspecified atom stereocenters. The smallest absolute Gasteiger partial charge is 0.160 e. The molecule has 2 aromatic carbocycles. The first-order valence-corrected chi connectivity index (χ1v) is 9.51. The number of benzene rings is 2. The van der Waals surface area contributed by atoms with Crippen LogP contribution in [0.2, 0.25) is 0 Å². The molecule has 3 rings (SSSR count). The van der Waals surface area contributed by atoms with Crippen LogP contribution in [0.3, 0.4) is 0 Å². The molecular formula is C24H29NO. The van der Waals surface area contributed by atoms with Gasteiger partial charge in [-0.25, -0.2) is 0 Å². The van der Waals surface area contributed by atoms with Crippen molar-refractivity contribution in [2.75, 3.05) is 0 Å². The molecule has 0 bridgehead atoms. The summed E-state index contributed by atoms with van der Waals surface area (Å²) in [6.45, 7) is 12.6. The zero-order chi connectivity index (χ0) is 19.0. The standard InChI is InChI=1S/C24H29NO/c1-14(2)11-23-24(19-9-7-8-10-22(19)25-23)17(5)20-12-15(3)16(4)13-21(20)18(6)26/h7-10,12-14,17,25H,11H2,1-6H3. The fourth-order valence-corrected chi connectivity index (χ4v) is 3.94. The second-order valence-corrected chi connectivity index (χ2v) is 7.96. The Kier molecular flexibility index (Phi) is 5.04. The predicted molar refractivity (Wildman–Crippen MR) is 110 cm³/mol. The summed E-state index contributed by atoms with van der Waals surface area (Å²) >= 11 is 0. The first kappa shape index (κ1) is 18.4. The van der Waals surface area contributed by atoms with E-state index in [2.05, 4.69) is 76.0 Å². The highest BCUT2D eigenvalue weighted by Crippen LogP contribution is 2.37. The lowest BCUT2D eigenvalue weighted by atomic mass is 9.84. The van der Waals surface area contributed by atoms with Crippen molar-refractivity contribution < 1.29 is 4.79 Å². The number of Topliss-reactive ketones (excluding diaryl/α,β-unsaturated/α-hetero) is 1. The molecule has 2 nitrogen and oxygen atoms in total. The van der Waals surface area contributed by atoms with Crippen LogP contribution in [0, 0.1) is 19.8 Å². The van der Waals surface area contributed by atoms with Gasteiger partial charge in [0.05, 0.1) is 0 Å². The van der Waals surface area contributed by atoms with Gasteiger partial charge in [0.2, 0.25) is 0 Å². The highest BCUT2D eigenvalue weighted by molar-refractivity contribution is 5.96. The molecular weight excluding hydrogens is 318 g/mol. The highest BCUT2D eigenvalue weighted by atomic mass is 16.1. The van der Waals surface area contributed by atoms with Gasteiger partial charge < -0.3 is 4.98 Å². The summed E-state index contributed by atoms with van der Waals surface area (Å²) in [5.74, 6) is 0.874. The zero-order valence-electron chi connectivity index (χ0n) is 16.7. The number of carbonyl (C=O) groups excluding carboxylic acids is 1. The molecule has 2 heteroatoms. The van der Waals surface area contributed by atoms with E-state index in [1.807, 2.05) is 0 Å². The fraction of sp³-hybridized carbons (Fsp3) is 0.375. The van der Waals surface area contributed by atoms with E-state index in [-0.39, 0.29) is 11.7 Å². The second-order valence-electron chi connectivity index (χ2n) is 7.96. The fourth-order valence-electron chi connectivity index (χ4n) is 3.94. The number of fused-ring (bicyclic) bond motifs is 1. The van der Waals surface area contributed by atoms with E-state index in [0.717, 1.165) is 17.5 Å². The summed E-state index contributed by atoms with van der Waals surface area (Å²) in [5, 5.41) is 1.27. The summed E-state index contributed by atoms with van der Waals surface area (Å²) in [6.07, 6.45) is 1.01. The molecule has 1 N–H and O–H groups in total. The molecule has 0 fully saturated rings. The number of aromatic amines is 1. The number of aryl methyl sites for hydroxylation is 2. The van der Waals surface area contributed by atoms with Crippen molar-refractivity contribution in [2.45, 2.75) is 53.9 Å². The molecule has 0 aliphatic carbocycles. The van der Waals surface area contributed by atoms with Gasteiger partial charge in [-0.05, 0) is 67.5 Å². The third-order valence-corrected chi connectivity index (χ3v) is 5.38. The minimum absolute atomic E-state index is 0.139. The first-order valence-electron chi connectivity index (χ1n) is 9.51. The van der Waals surface area contributed by atoms with Gasteiger partial charge >= 0.3 is 0 Å². The average Bonchev–Trinajstić information content (AvgIpc) is 2.93. The molecule has 0 radical (unpaired) electrons. The van der Waals surface area contributed by atoms with Gasteiger partial charge in [0.25, 0.3) is 0 Å². The van der Waals surface area contributed by atoms with Gasteiger partial charge in [0.15, 0.2) is 5.78 Å². The molecule has 1 aromatic heterocycles. The maximum absolute atomic E-state index is 12.3. The summed E-state index contributed by atoms with van der Waals surface area (Å²) in [7, 11) is 0. The molecule has 136 valence electrons. The van der Waals surface area contributed by atoms with Gasteiger partial charge in [0.1, 0.15) is 0 Å². The number of H-pyrrole nitrogens is 1. The summed E-state index contributed by atoms with van der Waals surface area (Å²) in [6, 6.07) is 12.8. The monoisotopic (exact) mass is 347 g/mol. The molecule has 0 saturated carbocycles. The van der Waals surface area contributed by atoms with Crippen LogP contribution in [0.25, 0.3) is 10.9 Å². The number of carbonyl (C=O) groups is 1. The molecule has 0 saturated heterocycles. The van der Waals surface area contributed by atoms with E-state index >= 15 is 0 Å². The minimum Gasteiger partial charge on any atom is -0.358 e. The number of hydrogen-bond donors (Lipinski definition) is 1. The van der Waals surface area contributed by atoms with E-state index in [1.165, 1.54) is 33.3 Å². The van der Waals surface area contributed by atoms with Crippen LogP contribution in [0.5, 0.6) is 0 Å². The lowest BCUT2D eigenvalue weighted by molar-refractivity contribution is 0.101. The van der Waals surface area contributed by atoms with Crippen LogP contribution >= 0.6 is 0 Å². The quantitative estimate of drug-likeness (QED) is 0.537. The third-order valence-electron chi connectivity index (χ3n) is 5.38. The van der Waals surface area contributed by atoms with Crippen LogP contribution in [-0.4, -0.2) is 10.8 Å². The van der Waals surface area contributed by atoms with Crippen molar-refractivity contribution in [3.8, 4) is 0 Å². The maximum atomic E-state index is 12.3. The SMILES string of the molecule is CC(=O)c1cc(C)c(C)cc1C(C)c1c(CC(C)C)[nH]c2ccccc12. The number of rotatable bonds is 5. The summed E-state index contributed by atoms with van der Waals surface area (Å²) in [4.78, 5) is 16.0. The lowest BCUT2D eigenvalue weighted by Gasteiger charge is -2.20. The Morgan fingerprint density at radius 3 is 2.35 bits per heavy atom. The Bertz CT molecular complexity index is 962. The number of nitrogens with one attached hydrogen (secondary N) is 1. The number of para-hydroxylation sites is 1. The lowest BCUT2D eigenvalue weighted by Crippen LogP contribution is -2.09. The van der Waals surface area contributed by atoms with Crippen molar-refractivity contribution in [1.82, 2.24) is 4.98 Å². The van der Waals surface area contributed by atoms with Crippen LogP contribution in [0.15, 0.2) is 36.4 Å². The molecule has 0 spiro atoms. The number of ketones is 1. The third kappa shape index (κ3) is 3.33. The number of aromatic nitrogens is 1. The van der Waals surface area contributed by atoms with E-state index in [1.54, 1.807) is 6.92 Å². The predicted octanol–water partition coefficient (Wildman–Crippen LogP) is 6.34. The summed E-state index contributed by atoms with van der Waals surface area (Å²) < 4.78 is 0. The van der Waals surface area contributed by atoms with Crippen molar-refractivity contribution >= 4 is 16.7 Å². The second kappa shape index (κ2) is 7.11. The van der Waals surface area contributed by atoms with Gasteiger partial charge in [0, 0.05) is 28.1 Å². The van der Waals surface area contributed by atoms with Crippen molar-refractivity contribution in [3.05, 3.63) is 69.9 Å². The minimum atomic E-state index is 0.139. The van der Waals surface area contributed by atoms with Gasteiger partial charge in [-0.1, -0.05) is 45.0 Å². The molecule has 0 aliphatic heterocycles. The average molecular weight is 348 g/mol. The van der Waals surface area contributed by atoms with Gasteiger partial charge in [-0.15, -0.1) is 0 Å². The molecule has 26 heavy (non-hydrogen) atoms. The number of hydrogen-bond acceptors (Lipinski definition) is 1. The van der Waals surface area contributed by atoms with E-state index in [4.69, 9.17) is 0 Å². The van der Waals surface area contributed by atoms with Gasteiger partial charge in [-0.2, -0.15) is 0 Å². The molecule has 0 amide bonds.